The van der Waals surface area contributed by atoms with Crippen molar-refractivity contribution in [1.82, 2.24) is 4.98 Å². The van der Waals surface area contributed by atoms with E-state index in [1.54, 1.807) is 0 Å². The minimum absolute atomic E-state index is 0.553. The number of ether oxygens (including phenoxy) is 1. The van der Waals surface area contributed by atoms with Crippen molar-refractivity contribution in [1.29, 1.82) is 0 Å². The molecule has 9 aromatic rings. The summed E-state index contributed by atoms with van der Waals surface area (Å²) in [6.45, 7) is 0.553. The Kier molecular flexibility index (Phi) is 7.90. The van der Waals surface area contributed by atoms with Gasteiger partial charge in [-0.05, 0) is 63.2 Å². The average molecular weight is 744 g/mol. The highest BCUT2D eigenvalue weighted by Gasteiger charge is 2.51. The molecule has 8 aromatic carbocycles. The Morgan fingerprint density at radius 2 is 1.21 bits per heavy atom. The van der Waals surface area contributed by atoms with Crippen LogP contribution in [0.25, 0.3) is 49.8 Å². The first-order chi connectivity index (χ1) is 28.7. The predicted molar refractivity (Wildman–Crippen MR) is 237 cm³/mol. The summed E-state index contributed by atoms with van der Waals surface area (Å²) in [4.78, 5) is 10.4. The number of aliphatic imine (C=N–C) groups is 1. The minimum Gasteiger partial charge on any atom is -0.456 e. The first-order valence-electron chi connectivity index (χ1n) is 19.7. The van der Waals surface area contributed by atoms with E-state index in [1.165, 1.54) is 22.3 Å². The molecule has 0 unspecified atom stereocenters. The Morgan fingerprint density at radius 3 is 1.98 bits per heavy atom. The average Bonchev–Trinajstić information content (AvgIpc) is 3.58. The van der Waals surface area contributed by atoms with Crippen molar-refractivity contribution in [3.05, 3.63) is 239 Å². The molecule has 0 saturated heterocycles. The van der Waals surface area contributed by atoms with Crippen LogP contribution in [0.15, 0.2) is 205 Å². The van der Waals surface area contributed by atoms with E-state index in [-0.39, 0.29) is 0 Å². The summed E-state index contributed by atoms with van der Waals surface area (Å²) in [5, 5.41) is 3.10. The van der Waals surface area contributed by atoms with Crippen molar-refractivity contribution in [3.63, 3.8) is 0 Å². The Bertz CT molecular complexity index is 3080. The van der Waals surface area contributed by atoms with Crippen LogP contribution in [0.2, 0.25) is 0 Å². The summed E-state index contributed by atoms with van der Waals surface area (Å²) in [6.07, 6.45) is 1.99. The Balaban J connectivity index is 1.11. The molecule has 0 radical (unpaired) electrons. The van der Waals surface area contributed by atoms with E-state index in [4.69, 9.17) is 20.4 Å². The molecule has 0 fully saturated rings. The van der Waals surface area contributed by atoms with Crippen LogP contribution >= 0.6 is 0 Å². The lowest BCUT2D eigenvalue weighted by atomic mass is 9.65. The van der Waals surface area contributed by atoms with Gasteiger partial charge in [0.15, 0.2) is 0 Å². The molecule has 2 heterocycles. The van der Waals surface area contributed by atoms with E-state index < -0.39 is 5.41 Å². The maximum absolute atomic E-state index is 7.14. The third-order valence-corrected chi connectivity index (χ3v) is 11.8. The molecule has 1 spiro atoms. The lowest BCUT2D eigenvalue weighted by Gasteiger charge is -2.40. The lowest BCUT2D eigenvalue weighted by Crippen LogP contribution is -2.32. The fourth-order valence-electron chi connectivity index (χ4n) is 9.23. The number of hydrogen-bond donors (Lipinski definition) is 1. The van der Waals surface area contributed by atoms with Gasteiger partial charge in [0, 0.05) is 38.5 Å². The molecule has 4 nitrogen and oxygen atoms in total. The van der Waals surface area contributed by atoms with Gasteiger partial charge in [-0.15, -0.1) is 0 Å². The van der Waals surface area contributed by atoms with E-state index in [1.807, 2.05) is 42.5 Å². The van der Waals surface area contributed by atoms with Crippen molar-refractivity contribution >= 4 is 33.1 Å². The zero-order valence-corrected chi connectivity index (χ0v) is 31.6. The van der Waals surface area contributed by atoms with E-state index >= 15 is 0 Å². The molecular formula is C54H37N3O. The summed E-state index contributed by atoms with van der Waals surface area (Å²) in [6, 6.07) is 68.1. The maximum atomic E-state index is 7.14. The summed E-state index contributed by atoms with van der Waals surface area (Å²) in [5.74, 6) is 1.72. The molecule has 1 aliphatic carbocycles. The molecule has 2 N–H and O–H groups in total. The number of nitrogens with two attached hydrogens (primary N) is 1. The summed E-state index contributed by atoms with van der Waals surface area (Å²) >= 11 is 0. The summed E-state index contributed by atoms with van der Waals surface area (Å²) in [5.41, 5.74) is 21.0. The molecule has 0 bridgehead atoms. The van der Waals surface area contributed by atoms with Crippen molar-refractivity contribution < 1.29 is 4.74 Å². The predicted octanol–water partition coefficient (Wildman–Crippen LogP) is 12.5. The molecule has 1 aromatic heterocycles. The zero-order chi connectivity index (χ0) is 38.6. The highest BCUT2D eigenvalue weighted by Crippen LogP contribution is 2.63. The van der Waals surface area contributed by atoms with Crippen molar-refractivity contribution in [2.45, 2.75) is 12.0 Å². The molecule has 0 amide bonds. The van der Waals surface area contributed by atoms with Gasteiger partial charge < -0.3 is 10.5 Å². The Labute approximate surface area is 337 Å². The highest BCUT2D eigenvalue weighted by atomic mass is 16.5. The third kappa shape index (κ3) is 5.23. The number of hydrogen-bond acceptors (Lipinski definition) is 4. The Hall–Kier alpha value is -7.56. The fourth-order valence-corrected chi connectivity index (χ4v) is 9.23. The minimum atomic E-state index is -0.562. The molecule has 2 aliphatic rings. The number of nitrogens with zero attached hydrogens (tertiary/aromatic N) is 2. The maximum Gasteiger partial charge on any atom is 0.140 e. The van der Waals surface area contributed by atoms with E-state index in [9.17, 15) is 0 Å². The second-order valence-corrected chi connectivity index (χ2v) is 15.0. The molecule has 11 rings (SSSR count). The van der Waals surface area contributed by atoms with Crippen molar-refractivity contribution in [2.24, 2.45) is 10.7 Å². The van der Waals surface area contributed by atoms with Crippen LogP contribution in [0.3, 0.4) is 0 Å². The first kappa shape index (κ1) is 33.8. The van der Waals surface area contributed by atoms with Gasteiger partial charge in [-0.25, -0.2) is 4.98 Å². The second kappa shape index (κ2) is 13.6. The number of fused-ring (bicyclic) bond motifs is 13. The van der Waals surface area contributed by atoms with E-state index in [0.29, 0.717) is 12.2 Å². The molecular weight excluding hydrogens is 707 g/mol. The topological polar surface area (TPSA) is 60.5 Å². The number of allylic oxidation sites excluding steroid dienone is 1. The number of pyridine rings is 1. The summed E-state index contributed by atoms with van der Waals surface area (Å²) < 4.78 is 7.14. The van der Waals surface area contributed by atoms with Gasteiger partial charge in [0.05, 0.1) is 28.9 Å². The normalized spacial score (nSPS) is 13.8. The molecule has 58 heavy (non-hydrogen) atoms. The fraction of sp³-hybridized carbons (Fsp3) is 0.0370. The van der Waals surface area contributed by atoms with E-state index in [2.05, 4.69) is 158 Å². The van der Waals surface area contributed by atoms with Crippen LogP contribution in [0, 0.1) is 0 Å². The first-order valence-corrected chi connectivity index (χ1v) is 19.7. The molecule has 4 heteroatoms. The standard InChI is InChI=1S/C54H37N3O/c55-47(33-49(36-18-5-2-6-19-36)56-34-35-16-3-1-4-17-35)37-20-15-21-38(32-37)52-42-30-31-46-53(51(42)41-24-9-13-28-48(41)57-52)58-50-29-14-12-27-45(50)54(46)43-25-10-7-22-39(43)40-23-8-11-26-44(40)54/h1-33H,34,55H2/b47-33-,56-49?. The van der Waals surface area contributed by atoms with Gasteiger partial charge in [-0.2, -0.15) is 0 Å². The second-order valence-electron chi connectivity index (χ2n) is 15.0. The van der Waals surface area contributed by atoms with Crippen molar-refractivity contribution in [3.8, 4) is 33.9 Å². The largest absolute Gasteiger partial charge is 0.456 e. The van der Waals surface area contributed by atoms with Crippen molar-refractivity contribution in [2.75, 3.05) is 0 Å². The Morgan fingerprint density at radius 1 is 0.569 bits per heavy atom. The zero-order valence-electron chi connectivity index (χ0n) is 31.6. The number of benzene rings is 8. The van der Waals surface area contributed by atoms with E-state index in [0.717, 1.165) is 78.0 Å². The van der Waals surface area contributed by atoms with Gasteiger partial charge in [0.2, 0.25) is 0 Å². The van der Waals surface area contributed by atoms with Gasteiger partial charge in [-0.1, -0.05) is 176 Å². The van der Waals surface area contributed by atoms with Crippen LogP contribution in [0.1, 0.15) is 38.9 Å². The van der Waals surface area contributed by atoms with Gasteiger partial charge >= 0.3 is 0 Å². The van der Waals surface area contributed by atoms with Crippen LogP contribution < -0.4 is 10.5 Å². The molecule has 0 saturated carbocycles. The molecule has 0 atom stereocenters. The smallest absolute Gasteiger partial charge is 0.140 e. The quantitative estimate of drug-likeness (QED) is 0.136. The third-order valence-electron chi connectivity index (χ3n) is 11.8. The number of aromatic nitrogens is 1. The van der Waals surface area contributed by atoms with Crippen LogP contribution in [0.4, 0.5) is 0 Å². The summed E-state index contributed by atoms with van der Waals surface area (Å²) in [7, 11) is 0. The van der Waals surface area contributed by atoms with Gasteiger partial charge in [0.1, 0.15) is 11.5 Å². The van der Waals surface area contributed by atoms with Crippen LogP contribution in [0.5, 0.6) is 11.5 Å². The molecule has 274 valence electrons. The highest BCUT2D eigenvalue weighted by molar-refractivity contribution is 6.15. The van der Waals surface area contributed by atoms with Crippen LogP contribution in [-0.2, 0) is 12.0 Å². The number of rotatable bonds is 6. The van der Waals surface area contributed by atoms with Crippen LogP contribution in [-0.4, -0.2) is 10.7 Å². The van der Waals surface area contributed by atoms with Gasteiger partial charge in [-0.3, -0.25) is 4.99 Å². The monoisotopic (exact) mass is 743 g/mol. The number of para-hydroxylation sites is 2. The SMILES string of the molecule is N/C(=C\C(=NCc1ccccc1)c1ccccc1)c1cccc(-c2nc3ccccc3c3c4c(ccc23)C2(c3ccccc3O4)c3ccccc3-c3ccccc32)c1. The molecule has 1 aliphatic heterocycles. The van der Waals surface area contributed by atoms with Gasteiger partial charge in [0.25, 0.3) is 0 Å². The lowest BCUT2D eigenvalue weighted by molar-refractivity contribution is 0.442.